The SMILES string of the molecule is COc1ccc(CN2C(=O)CCCC2=O)cc1C(N)=S. The van der Waals surface area contributed by atoms with Crippen molar-refractivity contribution in [3.8, 4) is 5.75 Å². The summed E-state index contributed by atoms with van der Waals surface area (Å²) in [4.78, 5) is 25.1. The molecule has 2 N–H and O–H groups in total. The molecule has 1 aliphatic rings. The second-order valence-corrected chi connectivity index (χ2v) is 5.07. The second kappa shape index (κ2) is 6.00. The Kier molecular flexibility index (Phi) is 4.34. The third-order valence-corrected chi connectivity index (χ3v) is 3.47. The first kappa shape index (κ1) is 14.5. The molecule has 2 amide bonds. The highest BCUT2D eigenvalue weighted by atomic mass is 32.1. The van der Waals surface area contributed by atoms with Gasteiger partial charge in [-0.25, -0.2) is 0 Å². The zero-order chi connectivity index (χ0) is 14.7. The van der Waals surface area contributed by atoms with E-state index < -0.39 is 0 Å². The first-order valence-corrected chi connectivity index (χ1v) is 6.73. The van der Waals surface area contributed by atoms with Crippen LogP contribution >= 0.6 is 12.2 Å². The number of ether oxygens (including phenoxy) is 1. The van der Waals surface area contributed by atoms with Gasteiger partial charge in [-0.2, -0.15) is 0 Å². The van der Waals surface area contributed by atoms with Crippen molar-refractivity contribution in [2.75, 3.05) is 7.11 Å². The van der Waals surface area contributed by atoms with Gasteiger partial charge in [0.05, 0.1) is 19.2 Å². The molecule has 1 fully saturated rings. The molecule has 1 aromatic carbocycles. The maximum absolute atomic E-state index is 11.8. The van der Waals surface area contributed by atoms with Gasteiger partial charge in [-0.3, -0.25) is 14.5 Å². The zero-order valence-corrected chi connectivity index (χ0v) is 12.0. The maximum atomic E-state index is 11.8. The van der Waals surface area contributed by atoms with E-state index in [4.69, 9.17) is 22.7 Å². The van der Waals surface area contributed by atoms with Gasteiger partial charge in [-0.1, -0.05) is 18.3 Å². The Morgan fingerprint density at radius 2 is 2.00 bits per heavy atom. The van der Waals surface area contributed by atoms with Crippen LogP contribution in [-0.2, 0) is 16.1 Å². The number of likely N-dealkylation sites (tertiary alicyclic amines) is 1. The van der Waals surface area contributed by atoms with E-state index in [9.17, 15) is 9.59 Å². The number of nitrogens with zero attached hydrogens (tertiary/aromatic N) is 1. The molecule has 1 saturated heterocycles. The van der Waals surface area contributed by atoms with Crippen LogP contribution in [0.4, 0.5) is 0 Å². The lowest BCUT2D eigenvalue weighted by molar-refractivity contribution is -0.148. The molecule has 0 bridgehead atoms. The minimum Gasteiger partial charge on any atom is -0.496 e. The molecule has 0 radical (unpaired) electrons. The Labute approximate surface area is 122 Å². The number of rotatable bonds is 4. The Morgan fingerprint density at radius 1 is 1.35 bits per heavy atom. The third-order valence-electron chi connectivity index (χ3n) is 3.25. The van der Waals surface area contributed by atoms with Crippen molar-refractivity contribution in [2.45, 2.75) is 25.8 Å². The lowest BCUT2D eigenvalue weighted by Gasteiger charge is -2.25. The minimum atomic E-state index is -0.131. The number of nitrogens with two attached hydrogens (primary N) is 1. The van der Waals surface area contributed by atoms with Crippen molar-refractivity contribution in [2.24, 2.45) is 5.73 Å². The summed E-state index contributed by atoms with van der Waals surface area (Å²) >= 11 is 4.98. The predicted molar refractivity (Wildman–Crippen MR) is 78.3 cm³/mol. The van der Waals surface area contributed by atoms with Gasteiger partial charge in [0.15, 0.2) is 0 Å². The molecule has 0 unspecified atom stereocenters. The van der Waals surface area contributed by atoms with Crippen LogP contribution in [0.5, 0.6) is 5.75 Å². The Hall–Kier alpha value is -1.95. The Morgan fingerprint density at radius 3 is 2.55 bits per heavy atom. The maximum Gasteiger partial charge on any atom is 0.229 e. The number of benzene rings is 1. The number of imide groups is 1. The smallest absolute Gasteiger partial charge is 0.229 e. The number of hydrogen-bond donors (Lipinski definition) is 1. The molecular formula is C14H16N2O3S. The predicted octanol–water partition coefficient (Wildman–Crippen LogP) is 1.37. The van der Waals surface area contributed by atoms with Crippen molar-refractivity contribution in [1.29, 1.82) is 0 Å². The number of carbonyl (C=O) groups is 2. The topological polar surface area (TPSA) is 72.6 Å². The summed E-state index contributed by atoms with van der Waals surface area (Å²) < 4.78 is 5.18. The summed E-state index contributed by atoms with van der Waals surface area (Å²) in [6, 6.07) is 5.30. The zero-order valence-electron chi connectivity index (χ0n) is 11.2. The monoisotopic (exact) mass is 292 g/mol. The van der Waals surface area contributed by atoms with E-state index in [0.29, 0.717) is 30.6 Å². The van der Waals surface area contributed by atoms with Gasteiger partial charge in [0.2, 0.25) is 11.8 Å². The average Bonchev–Trinajstić information content (AvgIpc) is 2.43. The number of piperidine rings is 1. The van der Waals surface area contributed by atoms with Crippen LogP contribution in [0.2, 0.25) is 0 Å². The number of methoxy groups -OCH3 is 1. The fraction of sp³-hybridized carbons (Fsp3) is 0.357. The van der Waals surface area contributed by atoms with Crippen LogP contribution in [0.25, 0.3) is 0 Å². The van der Waals surface area contributed by atoms with Crippen LogP contribution in [0.1, 0.15) is 30.4 Å². The van der Waals surface area contributed by atoms with Gasteiger partial charge >= 0.3 is 0 Å². The molecule has 1 aliphatic heterocycles. The van der Waals surface area contributed by atoms with Crippen molar-refractivity contribution in [3.63, 3.8) is 0 Å². The van der Waals surface area contributed by atoms with Crippen molar-refractivity contribution >= 4 is 29.0 Å². The molecule has 0 saturated carbocycles. The van der Waals surface area contributed by atoms with Gasteiger partial charge in [0.25, 0.3) is 0 Å². The number of amides is 2. The normalized spacial score (nSPS) is 15.3. The molecule has 1 aromatic rings. The molecule has 20 heavy (non-hydrogen) atoms. The van der Waals surface area contributed by atoms with Gasteiger partial charge in [0, 0.05) is 12.8 Å². The van der Waals surface area contributed by atoms with Gasteiger partial charge in [-0.15, -0.1) is 0 Å². The van der Waals surface area contributed by atoms with E-state index in [1.165, 1.54) is 12.0 Å². The molecule has 0 spiro atoms. The highest BCUT2D eigenvalue weighted by Gasteiger charge is 2.26. The molecule has 0 aromatic heterocycles. The third kappa shape index (κ3) is 2.96. The molecule has 0 aliphatic carbocycles. The van der Waals surface area contributed by atoms with Gasteiger partial charge in [0.1, 0.15) is 10.7 Å². The van der Waals surface area contributed by atoms with Gasteiger partial charge < -0.3 is 10.5 Å². The lowest BCUT2D eigenvalue weighted by Crippen LogP contribution is -2.39. The van der Waals surface area contributed by atoms with E-state index in [-0.39, 0.29) is 23.3 Å². The molecule has 6 heteroatoms. The van der Waals surface area contributed by atoms with Crippen LogP contribution < -0.4 is 10.5 Å². The number of thiocarbonyl (C=S) groups is 1. The van der Waals surface area contributed by atoms with E-state index in [1.54, 1.807) is 18.2 Å². The van der Waals surface area contributed by atoms with Crippen molar-refractivity contribution in [1.82, 2.24) is 4.90 Å². The van der Waals surface area contributed by atoms with Crippen molar-refractivity contribution in [3.05, 3.63) is 29.3 Å². The first-order chi connectivity index (χ1) is 9.52. The largest absolute Gasteiger partial charge is 0.496 e. The molecule has 5 nitrogen and oxygen atoms in total. The number of hydrogen-bond acceptors (Lipinski definition) is 4. The summed E-state index contributed by atoms with van der Waals surface area (Å²) in [5, 5.41) is 0. The molecule has 0 atom stereocenters. The fourth-order valence-electron chi connectivity index (χ4n) is 2.20. The summed E-state index contributed by atoms with van der Waals surface area (Å²) in [7, 11) is 1.54. The minimum absolute atomic E-state index is 0.131. The van der Waals surface area contributed by atoms with Crippen LogP contribution in [0, 0.1) is 0 Å². The van der Waals surface area contributed by atoms with E-state index in [0.717, 1.165) is 5.56 Å². The van der Waals surface area contributed by atoms with Crippen LogP contribution in [0.3, 0.4) is 0 Å². The first-order valence-electron chi connectivity index (χ1n) is 6.33. The molecule has 2 rings (SSSR count). The second-order valence-electron chi connectivity index (χ2n) is 4.63. The summed E-state index contributed by atoms with van der Waals surface area (Å²) in [5.41, 5.74) is 7.06. The highest BCUT2D eigenvalue weighted by molar-refractivity contribution is 7.80. The van der Waals surface area contributed by atoms with E-state index in [1.807, 2.05) is 0 Å². The Bertz CT molecular complexity index is 556. The van der Waals surface area contributed by atoms with E-state index in [2.05, 4.69) is 0 Å². The molecular weight excluding hydrogens is 276 g/mol. The quantitative estimate of drug-likeness (QED) is 0.670. The average molecular weight is 292 g/mol. The molecule has 106 valence electrons. The highest BCUT2D eigenvalue weighted by Crippen LogP contribution is 2.22. The van der Waals surface area contributed by atoms with Crippen molar-refractivity contribution < 1.29 is 14.3 Å². The summed E-state index contributed by atoms with van der Waals surface area (Å²) in [5.74, 6) is 0.320. The van der Waals surface area contributed by atoms with Crippen LogP contribution in [0.15, 0.2) is 18.2 Å². The Balaban J connectivity index is 2.25. The standard InChI is InChI=1S/C14H16N2O3S/c1-19-11-6-5-9(7-10(11)14(15)20)8-16-12(17)3-2-4-13(16)18/h5-7H,2-4,8H2,1H3,(H2,15,20). The summed E-state index contributed by atoms with van der Waals surface area (Å²) in [6.07, 6.45) is 1.48. The van der Waals surface area contributed by atoms with Gasteiger partial charge in [-0.05, 0) is 24.1 Å². The van der Waals surface area contributed by atoms with Crippen LogP contribution in [-0.4, -0.2) is 28.8 Å². The molecule has 1 heterocycles. The lowest BCUT2D eigenvalue weighted by atomic mass is 10.1. The fourth-order valence-corrected chi connectivity index (χ4v) is 2.36. The summed E-state index contributed by atoms with van der Waals surface area (Å²) in [6.45, 7) is 0.247. The van der Waals surface area contributed by atoms with E-state index >= 15 is 0 Å². The number of carbonyl (C=O) groups excluding carboxylic acids is 2.